The molecule has 0 heterocycles. The Kier molecular flexibility index (Phi) is 4.96. The Labute approximate surface area is 105 Å². The number of carbonyl (C=O) groups is 1. The number of benzene rings is 1. The molecule has 0 aliphatic heterocycles. The van der Waals surface area contributed by atoms with Crippen molar-refractivity contribution in [3.05, 3.63) is 34.3 Å². The molecule has 0 aliphatic rings. The Morgan fingerprint density at radius 2 is 1.81 bits per heavy atom. The van der Waals surface area contributed by atoms with Crippen LogP contribution in [-0.4, -0.2) is 19.0 Å². The fraction of sp³-hybridized carbons (Fsp3) is 0.417. The zero-order valence-corrected chi connectivity index (χ0v) is 11.3. The predicted octanol–water partition coefficient (Wildman–Crippen LogP) is 2.23. The molecule has 1 aromatic rings. The molecule has 88 valence electrons. The Morgan fingerprint density at radius 3 is 2.31 bits per heavy atom. The predicted molar refractivity (Wildman–Crippen MR) is 69.2 cm³/mol. The van der Waals surface area contributed by atoms with E-state index in [-0.39, 0.29) is 18.0 Å². The van der Waals surface area contributed by atoms with Crippen LogP contribution < -0.4 is 10.6 Å². The van der Waals surface area contributed by atoms with Crippen LogP contribution in [0.15, 0.2) is 28.7 Å². The fourth-order valence-corrected chi connectivity index (χ4v) is 1.78. The van der Waals surface area contributed by atoms with Crippen molar-refractivity contribution in [1.82, 2.24) is 10.6 Å². The number of carbonyl (C=O) groups excluding carboxylic acids is 1. The molecule has 0 saturated heterocycles. The molecule has 0 radical (unpaired) electrons. The molecule has 1 aromatic carbocycles. The first-order valence-corrected chi connectivity index (χ1v) is 6.07. The van der Waals surface area contributed by atoms with E-state index in [1.807, 2.05) is 38.1 Å². The van der Waals surface area contributed by atoms with Gasteiger partial charge in [-0.3, -0.25) is 10.1 Å². The summed E-state index contributed by atoms with van der Waals surface area (Å²) in [5, 5.41) is 5.86. The smallest absolute Gasteiger partial charge is 0.236 e. The molecule has 3 nitrogen and oxygen atoms in total. The number of likely N-dealkylation sites (N-methyl/N-ethyl adjacent to an activating group) is 1. The molecule has 1 amide bonds. The average Bonchev–Trinajstić information content (AvgIpc) is 2.28. The highest BCUT2D eigenvalue weighted by atomic mass is 79.9. The van der Waals surface area contributed by atoms with E-state index in [1.54, 1.807) is 7.05 Å². The van der Waals surface area contributed by atoms with Gasteiger partial charge < -0.3 is 5.32 Å². The molecule has 0 aromatic heterocycles. The third-order valence-electron chi connectivity index (χ3n) is 2.51. The third kappa shape index (κ3) is 3.61. The lowest BCUT2D eigenvalue weighted by molar-refractivity contribution is -0.122. The lowest BCUT2D eigenvalue weighted by Crippen LogP contribution is -2.41. The maximum Gasteiger partial charge on any atom is 0.236 e. The average molecular weight is 285 g/mol. The Hall–Kier alpha value is -0.870. The molecule has 0 saturated carbocycles. The van der Waals surface area contributed by atoms with Crippen LogP contribution in [0.5, 0.6) is 0 Å². The van der Waals surface area contributed by atoms with Crippen LogP contribution in [0.3, 0.4) is 0 Å². The molecule has 0 spiro atoms. The van der Waals surface area contributed by atoms with Crippen LogP contribution in [0.2, 0.25) is 0 Å². The summed E-state index contributed by atoms with van der Waals surface area (Å²) in [7, 11) is 1.64. The maximum absolute atomic E-state index is 11.4. The Bertz CT molecular complexity index is 351. The summed E-state index contributed by atoms with van der Waals surface area (Å²) in [6.07, 6.45) is 0. The van der Waals surface area contributed by atoms with Crippen molar-refractivity contribution in [3.8, 4) is 0 Å². The SMILES string of the molecule is CNC(=O)[C@@H](C)NC(C)c1ccc(Br)cc1. The lowest BCUT2D eigenvalue weighted by atomic mass is 10.1. The van der Waals surface area contributed by atoms with E-state index in [2.05, 4.69) is 26.6 Å². The van der Waals surface area contributed by atoms with Gasteiger partial charge in [-0.05, 0) is 31.5 Å². The summed E-state index contributed by atoms with van der Waals surface area (Å²) in [4.78, 5) is 11.4. The van der Waals surface area contributed by atoms with Gasteiger partial charge in [-0.2, -0.15) is 0 Å². The van der Waals surface area contributed by atoms with Crippen LogP contribution in [0.1, 0.15) is 25.5 Å². The number of halogens is 1. The first-order valence-electron chi connectivity index (χ1n) is 5.27. The normalized spacial score (nSPS) is 14.2. The molecule has 0 fully saturated rings. The first kappa shape index (κ1) is 13.2. The molecule has 4 heteroatoms. The lowest BCUT2D eigenvalue weighted by Gasteiger charge is -2.19. The van der Waals surface area contributed by atoms with Gasteiger partial charge in [-0.1, -0.05) is 28.1 Å². The number of hydrogen-bond donors (Lipinski definition) is 2. The molecule has 0 bridgehead atoms. The second kappa shape index (κ2) is 6.01. The van der Waals surface area contributed by atoms with Gasteiger partial charge in [-0.15, -0.1) is 0 Å². The monoisotopic (exact) mass is 284 g/mol. The van der Waals surface area contributed by atoms with Crippen molar-refractivity contribution in [3.63, 3.8) is 0 Å². The van der Waals surface area contributed by atoms with Gasteiger partial charge in [0.1, 0.15) is 0 Å². The minimum atomic E-state index is -0.191. The van der Waals surface area contributed by atoms with Gasteiger partial charge in [0, 0.05) is 17.6 Å². The van der Waals surface area contributed by atoms with Gasteiger partial charge in [0.05, 0.1) is 6.04 Å². The number of hydrogen-bond acceptors (Lipinski definition) is 2. The molecule has 2 N–H and O–H groups in total. The second-order valence-corrected chi connectivity index (χ2v) is 4.69. The van der Waals surface area contributed by atoms with Crippen molar-refractivity contribution < 1.29 is 4.79 Å². The molecule has 2 atom stereocenters. The van der Waals surface area contributed by atoms with Crippen molar-refractivity contribution in [2.24, 2.45) is 0 Å². The first-order chi connectivity index (χ1) is 7.54. The largest absolute Gasteiger partial charge is 0.358 e. The van der Waals surface area contributed by atoms with Gasteiger partial charge in [0.25, 0.3) is 0 Å². The zero-order chi connectivity index (χ0) is 12.1. The van der Waals surface area contributed by atoms with E-state index in [4.69, 9.17) is 0 Å². The molecular weight excluding hydrogens is 268 g/mol. The zero-order valence-electron chi connectivity index (χ0n) is 9.75. The summed E-state index contributed by atoms with van der Waals surface area (Å²) in [6.45, 7) is 3.90. The van der Waals surface area contributed by atoms with Crippen molar-refractivity contribution in [2.45, 2.75) is 25.9 Å². The third-order valence-corrected chi connectivity index (χ3v) is 3.04. The topological polar surface area (TPSA) is 41.1 Å². The van der Waals surface area contributed by atoms with Crippen LogP contribution in [0.25, 0.3) is 0 Å². The maximum atomic E-state index is 11.4. The van der Waals surface area contributed by atoms with E-state index < -0.39 is 0 Å². The molecule has 1 unspecified atom stereocenters. The molecular formula is C12H17BrN2O. The summed E-state index contributed by atoms with van der Waals surface area (Å²) in [6, 6.07) is 8.04. The van der Waals surface area contributed by atoms with E-state index >= 15 is 0 Å². The van der Waals surface area contributed by atoms with E-state index in [0.29, 0.717) is 0 Å². The molecule has 16 heavy (non-hydrogen) atoms. The Morgan fingerprint density at radius 1 is 1.25 bits per heavy atom. The van der Waals surface area contributed by atoms with Crippen LogP contribution in [-0.2, 0) is 4.79 Å². The van der Waals surface area contributed by atoms with Crippen LogP contribution in [0.4, 0.5) is 0 Å². The minimum Gasteiger partial charge on any atom is -0.358 e. The van der Waals surface area contributed by atoms with E-state index in [9.17, 15) is 4.79 Å². The van der Waals surface area contributed by atoms with E-state index in [1.165, 1.54) is 5.56 Å². The van der Waals surface area contributed by atoms with Crippen LogP contribution >= 0.6 is 15.9 Å². The van der Waals surface area contributed by atoms with Crippen LogP contribution in [0, 0.1) is 0 Å². The van der Waals surface area contributed by atoms with Gasteiger partial charge in [0.15, 0.2) is 0 Å². The van der Waals surface area contributed by atoms with Gasteiger partial charge >= 0.3 is 0 Å². The number of rotatable bonds is 4. The van der Waals surface area contributed by atoms with Crippen molar-refractivity contribution in [1.29, 1.82) is 0 Å². The number of nitrogens with one attached hydrogen (secondary N) is 2. The highest BCUT2D eigenvalue weighted by Crippen LogP contribution is 2.16. The Balaban J connectivity index is 2.61. The van der Waals surface area contributed by atoms with Gasteiger partial charge in [0.2, 0.25) is 5.91 Å². The minimum absolute atomic E-state index is 0.00367. The highest BCUT2D eigenvalue weighted by Gasteiger charge is 2.14. The second-order valence-electron chi connectivity index (χ2n) is 3.78. The quantitative estimate of drug-likeness (QED) is 0.890. The number of amides is 1. The van der Waals surface area contributed by atoms with E-state index in [0.717, 1.165) is 4.47 Å². The summed E-state index contributed by atoms with van der Waals surface area (Å²) >= 11 is 3.40. The fourth-order valence-electron chi connectivity index (χ4n) is 1.51. The summed E-state index contributed by atoms with van der Waals surface area (Å²) in [5.41, 5.74) is 1.17. The van der Waals surface area contributed by atoms with Crippen molar-refractivity contribution >= 4 is 21.8 Å². The van der Waals surface area contributed by atoms with Crippen molar-refractivity contribution in [2.75, 3.05) is 7.05 Å². The standard InChI is InChI=1S/C12H17BrN2O/c1-8(15-9(2)12(16)14-3)10-4-6-11(13)7-5-10/h4-9,15H,1-3H3,(H,14,16)/t8?,9-/m1/s1. The summed E-state index contributed by atoms with van der Waals surface area (Å²) < 4.78 is 1.06. The summed E-state index contributed by atoms with van der Waals surface area (Å²) in [5.74, 6) is 0.00367. The molecule has 0 aliphatic carbocycles. The highest BCUT2D eigenvalue weighted by molar-refractivity contribution is 9.10. The van der Waals surface area contributed by atoms with Gasteiger partial charge in [-0.25, -0.2) is 0 Å². The molecule has 1 rings (SSSR count).